The maximum absolute atomic E-state index is 14.0. The number of β-amino-alcohol motifs (C(OH)–C–C–N with tert-alkyl or cyclic N) is 1. The number of carbonyl (C=O) groups excluding carboxylic acids is 4. The number of rotatable bonds is 18. The fraction of sp³-hybridized carbons (Fsp3) is 0.389. The SMILES string of the molecule is Cn1cncc1-c1ccc(CCC(=O)[C@@H]2C[C@@H](O)CN2C(=O)[C@@H](NC(=O)COCCCCOc2ccc(-c3ccc(N4C(=S)N(c5ccc(C#N)c(C(F)(F)F)c5)C(=O)C4(C)C)cc3)cc2)C(C)(C)C)cc1. The summed E-state index contributed by atoms with van der Waals surface area (Å²) in [5.74, 6) is -0.907. The minimum absolute atomic E-state index is 0.000937. The number of nitriles is 1. The highest BCUT2D eigenvalue weighted by molar-refractivity contribution is 7.81. The van der Waals surface area contributed by atoms with Crippen molar-refractivity contribution in [3.05, 3.63) is 120 Å². The zero-order valence-corrected chi connectivity index (χ0v) is 41.8. The number of carbonyl (C=O) groups is 4. The number of imidazole rings is 1. The molecular formula is C54H58F3N7O7S. The molecule has 378 valence electrons. The van der Waals surface area contributed by atoms with Crippen molar-refractivity contribution < 1.29 is 46.9 Å². The first-order valence-electron chi connectivity index (χ1n) is 23.7. The molecule has 2 N–H and O–H groups in total. The van der Waals surface area contributed by atoms with Crippen LogP contribution < -0.4 is 19.9 Å². The van der Waals surface area contributed by atoms with Crippen LogP contribution in [-0.2, 0) is 43.6 Å². The van der Waals surface area contributed by atoms with Crippen LogP contribution in [0.3, 0.4) is 0 Å². The van der Waals surface area contributed by atoms with Crippen molar-refractivity contribution in [2.45, 2.75) is 96.6 Å². The van der Waals surface area contributed by atoms with Crippen molar-refractivity contribution in [3.63, 3.8) is 0 Å². The molecule has 3 atom stereocenters. The van der Waals surface area contributed by atoms with E-state index in [1.807, 2.05) is 93.0 Å². The van der Waals surface area contributed by atoms with E-state index < -0.39 is 64.2 Å². The van der Waals surface area contributed by atoms with Gasteiger partial charge in [0.05, 0.1) is 59.9 Å². The van der Waals surface area contributed by atoms with Crippen LogP contribution in [0.5, 0.6) is 5.75 Å². The number of aryl methyl sites for hydroxylation is 2. The Kier molecular flexibility index (Phi) is 16.0. The lowest BCUT2D eigenvalue weighted by atomic mass is 9.85. The van der Waals surface area contributed by atoms with Crippen molar-refractivity contribution in [1.82, 2.24) is 19.8 Å². The first-order chi connectivity index (χ1) is 34.1. The summed E-state index contributed by atoms with van der Waals surface area (Å²) in [5, 5.41) is 22.7. The Labute approximate surface area is 422 Å². The summed E-state index contributed by atoms with van der Waals surface area (Å²) in [6.45, 7) is 9.18. The smallest absolute Gasteiger partial charge is 0.417 e. The number of anilines is 2. The normalized spacial score (nSPS) is 17.3. The fourth-order valence-corrected chi connectivity index (χ4v) is 9.48. The van der Waals surface area contributed by atoms with E-state index in [4.69, 9.17) is 21.7 Å². The molecule has 0 spiro atoms. The Bertz CT molecular complexity index is 2840. The Balaban J connectivity index is 0.841. The van der Waals surface area contributed by atoms with Gasteiger partial charge in [-0.2, -0.15) is 18.4 Å². The number of benzene rings is 4. The third-order valence-electron chi connectivity index (χ3n) is 12.9. The first kappa shape index (κ1) is 52.9. The van der Waals surface area contributed by atoms with E-state index in [2.05, 4.69) is 10.3 Å². The molecule has 0 bridgehead atoms. The van der Waals surface area contributed by atoms with E-state index >= 15 is 0 Å². The number of unbranched alkanes of at least 4 members (excludes halogenated alkanes) is 1. The summed E-state index contributed by atoms with van der Waals surface area (Å²) in [6.07, 6.45) is -0.0851. The van der Waals surface area contributed by atoms with Crippen molar-refractivity contribution in [2.75, 3.05) is 36.2 Å². The number of aliphatic hydroxyl groups is 1. The number of hydrogen-bond donors (Lipinski definition) is 2. The van der Waals surface area contributed by atoms with Gasteiger partial charge in [0.15, 0.2) is 10.9 Å². The quantitative estimate of drug-likeness (QED) is 0.0638. The maximum atomic E-state index is 14.0. The number of thiocarbonyl (C=S) groups is 1. The van der Waals surface area contributed by atoms with Crippen LogP contribution >= 0.6 is 12.2 Å². The molecule has 3 heterocycles. The maximum Gasteiger partial charge on any atom is 0.417 e. The van der Waals surface area contributed by atoms with E-state index in [0.29, 0.717) is 37.3 Å². The number of ether oxygens (including phenoxy) is 2. The Hall–Kier alpha value is -6.94. The molecule has 14 nitrogen and oxygen atoms in total. The van der Waals surface area contributed by atoms with E-state index in [-0.39, 0.29) is 49.2 Å². The number of likely N-dealkylation sites (tertiary alicyclic amines) is 1. The standard InChI is InChI=1S/C54H58F3N7O7S/c1-52(2,3)48(49(68)62-31-41(65)28-44(62)46(66)24-11-34-9-12-37(13-10-34)45-30-59-33-61(45)6)60-47(67)32-70-25-7-8-26-71-42-22-17-36(18-23-42)35-14-19-39(20-15-35)64-51(72)63(50(69)53(64,4)5)40-21-16-38(29-58)43(27-40)54(55,56)57/h9-10,12-23,27,30,33,41,44,48,65H,7-8,11,24-26,28,31-32H2,1-6H3,(H,60,67)/t41-,44+,48-/m1/s1. The van der Waals surface area contributed by atoms with Gasteiger partial charge in [-0.1, -0.05) is 69.3 Å². The van der Waals surface area contributed by atoms with Crippen LogP contribution in [0, 0.1) is 16.7 Å². The fourth-order valence-electron chi connectivity index (χ4n) is 8.96. The zero-order chi connectivity index (χ0) is 52.1. The van der Waals surface area contributed by atoms with Gasteiger partial charge in [0.2, 0.25) is 11.8 Å². The van der Waals surface area contributed by atoms with Gasteiger partial charge in [0.25, 0.3) is 5.91 Å². The molecule has 0 saturated carbocycles. The molecule has 0 unspecified atom stereocenters. The molecule has 0 aliphatic carbocycles. The van der Waals surface area contributed by atoms with Crippen molar-refractivity contribution in [3.8, 4) is 34.2 Å². The molecule has 18 heteroatoms. The largest absolute Gasteiger partial charge is 0.494 e. The van der Waals surface area contributed by atoms with Gasteiger partial charge in [-0.05, 0) is 115 Å². The molecule has 5 aromatic rings. The van der Waals surface area contributed by atoms with Gasteiger partial charge >= 0.3 is 6.18 Å². The summed E-state index contributed by atoms with van der Waals surface area (Å²) < 4.78 is 54.8. The highest BCUT2D eigenvalue weighted by atomic mass is 32.1. The van der Waals surface area contributed by atoms with Crippen LogP contribution in [0.1, 0.15) is 77.0 Å². The van der Waals surface area contributed by atoms with Gasteiger partial charge in [0.1, 0.15) is 23.9 Å². The average molecular weight is 1010 g/mol. The third-order valence-corrected chi connectivity index (χ3v) is 13.3. The van der Waals surface area contributed by atoms with Gasteiger partial charge in [-0.15, -0.1) is 0 Å². The molecular weight excluding hydrogens is 948 g/mol. The second kappa shape index (κ2) is 21.8. The number of aromatic nitrogens is 2. The number of aliphatic hydroxyl groups excluding tert-OH is 1. The van der Waals surface area contributed by atoms with Crippen LogP contribution in [0.2, 0.25) is 0 Å². The number of halogens is 3. The second-order valence-electron chi connectivity index (χ2n) is 19.7. The minimum atomic E-state index is -4.80. The highest BCUT2D eigenvalue weighted by Crippen LogP contribution is 2.40. The summed E-state index contributed by atoms with van der Waals surface area (Å²) >= 11 is 5.67. The lowest BCUT2D eigenvalue weighted by Crippen LogP contribution is -2.57. The predicted octanol–water partition coefficient (Wildman–Crippen LogP) is 8.43. The third kappa shape index (κ3) is 11.9. The van der Waals surface area contributed by atoms with Gasteiger partial charge in [-0.3, -0.25) is 24.1 Å². The molecule has 7 rings (SSSR count). The summed E-state index contributed by atoms with van der Waals surface area (Å²) in [6, 6.07) is 25.5. The number of ketones is 1. The number of nitrogens with zero attached hydrogens (tertiary/aromatic N) is 6. The van der Waals surface area contributed by atoms with Crippen LogP contribution in [-0.4, -0.2) is 98.3 Å². The molecule has 1 aromatic heterocycles. The predicted molar refractivity (Wildman–Crippen MR) is 270 cm³/mol. The van der Waals surface area contributed by atoms with Gasteiger partial charge in [0, 0.05) is 38.7 Å². The lowest BCUT2D eigenvalue weighted by molar-refractivity contribution is -0.144. The van der Waals surface area contributed by atoms with Crippen LogP contribution in [0.15, 0.2) is 104 Å². The molecule has 2 aliphatic heterocycles. The van der Waals surface area contributed by atoms with Crippen LogP contribution in [0.25, 0.3) is 22.4 Å². The molecule has 2 fully saturated rings. The van der Waals surface area contributed by atoms with E-state index in [0.717, 1.165) is 45.0 Å². The Morgan fingerprint density at radius 2 is 1.56 bits per heavy atom. The Morgan fingerprint density at radius 3 is 2.17 bits per heavy atom. The molecule has 72 heavy (non-hydrogen) atoms. The van der Waals surface area contributed by atoms with Gasteiger partial charge < -0.3 is 34.3 Å². The van der Waals surface area contributed by atoms with Crippen molar-refractivity contribution in [2.24, 2.45) is 12.5 Å². The van der Waals surface area contributed by atoms with E-state index in [1.54, 1.807) is 49.5 Å². The molecule has 3 amide bonds. The zero-order valence-electron chi connectivity index (χ0n) is 41.0. The number of alkyl halides is 3. The Morgan fingerprint density at radius 1 is 0.931 bits per heavy atom. The molecule has 2 aliphatic rings. The lowest BCUT2D eigenvalue weighted by Gasteiger charge is -2.35. The minimum Gasteiger partial charge on any atom is -0.494 e. The number of amides is 3. The second-order valence-corrected chi connectivity index (χ2v) is 20.0. The van der Waals surface area contributed by atoms with Crippen molar-refractivity contribution in [1.29, 1.82) is 5.26 Å². The number of hydrogen-bond acceptors (Lipinski definition) is 10. The summed E-state index contributed by atoms with van der Waals surface area (Å²) in [7, 11) is 1.92. The first-order valence-corrected chi connectivity index (χ1v) is 24.1. The number of Topliss-reactive ketones (excluding diaryl/α,β-unsaturated/α-hetero) is 1. The van der Waals surface area contributed by atoms with Crippen LogP contribution in [0.4, 0.5) is 24.5 Å². The topological polar surface area (TPSA) is 170 Å². The molecule has 0 radical (unpaired) electrons. The number of nitrogens with one attached hydrogen (secondary N) is 1. The van der Waals surface area contributed by atoms with Gasteiger partial charge in [-0.25, -0.2) is 4.98 Å². The average Bonchev–Trinajstić information content (AvgIpc) is 4.01. The summed E-state index contributed by atoms with van der Waals surface area (Å²) in [5.41, 5.74) is 1.55. The summed E-state index contributed by atoms with van der Waals surface area (Å²) in [4.78, 5) is 62.5. The molecule has 4 aromatic carbocycles. The molecule has 2 saturated heterocycles. The highest BCUT2D eigenvalue weighted by Gasteiger charge is 2.51. The van der Waals surface area contributed by atoms with Crippen molar-refractivity contribution >= 4 is 52.2 Å². The monoisotopic (exact) mass is 1010 g/mol. The van der Waals surface area contributed by atoms with E-state index in [1.165, 1.54) is 11.0 Å². The van der Waals surface area contributed by atoms with E-state index in [9.17, 15) is 42.7 Å².